The number of pyridine rings is 1. The normalized spacial score (nSPS) is 18.2. The lowest BCUT2D eigenvalue weighted by atomic mass is 9.84. The molecule has 0 amide bonds. The van der Waals surface area contributed by atoms with Crippen LogP contribution in [0.1, 0.15) is 41.4 Å². The third-order valence-corrected chi connectivity index (χ3v) is 6.08. The molecule has 3 aromatic rings. The van der Waals surface area contributed by atoms with Crippen molar-refractivity contribution in [2.24, 2.45) is 0 Å². The molecule has 0 unspecified atom stereocenters. The van der Waals surface area contributed by atoms with Crippen LogP contribution < -0.4 is 4.90 Å². The predicted octanol–water partition coefficient (Wildman–Crippen LogP) is 2.03. The first-order valence-electron chi connectivity index (χ1n) is 10.0. The largest absolute Gasteiger partial charge is 0.465 e. The van der Waals surface area contributed by atoms with Gasteiger partial charge in [0.25, 0.3) is 0 Å². The number of anilines is 1. The van der Waals surface area contributed by atoms with Gasteiger partial charge in [-0.15, -0.1) is 0 Å². The average Bonchev–Trinajstić information content (AvgIpc) is 3.38. The smallest absolute Gasteiger partial charge is 0.339 e. The second-order valence-corrected chi connectivity index (χ2v) is 7.56. The highest BCUT2D eigenvalue weighted by atomic mass is 16.5. The van der Waals surface area contributed by atoms with Crippen LogP contribution in [-0.4, -0.2) is 57.5 Å². The Balaban J connectivity index is 1.44. The van der Waals surface area contributed by atoms with Crippen molar-refractivity contribution in [1.82, 2.24) is 24.7 Å². The minimum atomic E-state index is -0.406. The monoisotopic (exact) mass is 396 g/mol. The fourth-order valence-electron chi connectivity index (χ4n) is 4.55. The number of hydrogen-bond donors (Lipinski definition) is 1. The third-order valence-electron chi connectivity index (χ3n) is 6.08. The number of aromatic nitrogens is 5. The number of ether oxygens (including phenoxy) is 2. The number of nitrogens with zero attached hydrogens (tertiary/aromatic N) is 5. The predicted molar refractivity (Wildman–Crippen MR) is 106 cm³/mol. The van der Waals surface area contributed by atoms with Crippen molar-refractivity contribution in [2.45, 2.75) is 38.3 Å². The summed E-state index contributed by atoms with van der Waals surface area (Å²) in [6.07, 6.45) is 6.13. The van der Waals surface area contributed by atoms with Crippen molar-refractivity contribution in [1.29, 1.82) is 0 Å². The van der Waals surface area contributed by atoms with E-state index in [9.17, 15) is 4.79 Å². The number of hydrogen-bond acceptors (Lipinski definition) is 7. The highest BCUT2D eigenvalue weighted by Gasteiger charge is 2.43. The number of esters is 1. The van der Waals surface area contributed by atoms with Gasteiger partial charge in [0, 0.05) is 25.8 Å². The van der Waals surface area contributed by atoms with Gasteiger partial charge in [0.15, 0.2) is 5.65 Å². The molecule has 5 heterocycles. The first-order chi connectivity index (χ1) is 14.1. The van der Waals surface area contributed by atoms with Gasteiger partial charge in [0.05, 0.1) is 31.2 Å². The maximum atomic E-state index is 11.8. The molecule has 152 valence electrons. The zero-order valence-electron chi connectivity index (χ0n) is 16.6. The molecule has 0 atom stereocenters. The van der Waals surface area contributed by atoms with E-state index in [-0.39, 0.29) is 5.60 Å². The molecule has 1 saturated heterocycles. The summed E-state index contributed by atoms with van der Waals surface area (Å²) in [5, 5.41) is 7.41. The highest BCUT2D eigenvalue weighted by Crippen LogP contribution is 2.41. The molecule has 9 nitrogen and oxygen atoms in total. The van der Waals surface area contributed by atoms with E-state index >= 15 is 0 Å². The standard InChI is InChI=1S/C20H24N6O3/c1-3-26-17-15(10-14(11-21-17)18(27)28-2)23-19(26)25-7-5-20(6-8-25)16-13(4-9-29-20)12-22-24-16/h10-12H,3-9H2,1-2H3,(H,22,24). The van der Waals surface area contributed by atoms with Crippen LogP contribution in [-0.2, 0) is 28.0 Å². The van der Waals surface area contributed by atoms with Crippen molar-refractivity contribution >= 4 is 23.1 Å². The summed E-state index contributed by atoms with van der Waals surface area (Å²) >= 11 is 0. The molecule has 1 N–H and O–H groups in total. The molecule has 0 aliphatic carbocycles. The van der Waals surface area contributed by atoms with Gasteiger partial charge in [-0.1, -0.05) is 0 Å². The number of imidazole rings is 1. The number of carbonyl (C=O) groups is 1. The fourth-order valence-corrected chi connectivity index (χ4v) is 4.55. The summed E-state index contributed by atoms with van der Waals surface area (Å²) in [6.45, 7) is 5.21. The fraction of sp³-hybridized carbons (Fsp3) is 0.500. The van der Waals surface area contributed by atoms with Gasteiger partial charge in [0.2, 0.25) is 5.95 Å². The van der Waals surface area contributed by atoms with Crippen LogP contribution in [0.3, 0.4) is 0 Å². The number of aromatic amines is 1. The van der Waals surface area contributed by atoms with E-state index in [1.807, 2.05) is 6.20 Å². The lowest BCUT2D eigenvalue weighted by Crippen LogP contribution is -2.47. The summed E-state index contributed by atoms with van der Waals surface area (Å²) < 4.78 is 13.2. The van der Waals surface area contributed by atoms with Gasteiger partial charge in [-0.2, -0.15) is 5.10 Å². The maximum Gasteiger partial charge on any atom is 0.339 e. The number of nitrogens with one attached hydrogen (secondary N) is 1. The Labute approximate surface area is 168 Å². The number of carbonyl (C=O) groups excluding carboxylic acids is 1. The van der Waals surface area contributed by atoms with Crippen LogP contribution in [0.4, 0.5) is 5.95 Å². The van der Waals surface area contributed by atoms with Gasteiger partial charge in [0.1, 0.15) is 11.1 Å². The summed E-state index contributed by atoms with van der Waals surface area (Å²) in [4.78, 5) is 23.4. The van der Waals surface area contributed by atoms with E-state index < -0.39 is 5.97 Å². The van der Waals surface area contributed by atoms with E-state index in [2.05, 4.69) is 31.6 Å². The molecule has 0 aromatic carbocycles. The Morgan fingerprint density at radius 2 is 2.17 bits per heavy atom. The quantitative estimate of drug-likeness (QED) is 0.677. The van der Waals surface area contributed by atoms with Gasteiger partial charge < -0.3 is 14.4 Å². The SMILES string of the molecule is CCn1c(N2CCC3(CC2)OCCc2cn[nH]c23)nc2cc(C(=O)OC)cnc21. The molecule has 0 saturated carbocycles. The summed E-state index contributed by atoms with van der Waals surface area (Å²) in [5.41, 5.74) is 4.02. The van der Waals surface area contributed by atoms with Crippen molar-refractivity contribution in [2.75, 3.05) is 31.7 Å². The Morgan fingerprint density at radius 3 is 2.93 bits per heavy atom. The average molecular weight is 396 g/mol. The van der Waals surface area contributed by atoms with Gasteiger partial charge in [-0.3, -0.25) is 9.67 Å². The second-order valence-electron chi connectivity index (χ2n) is 7.56. The van der Waals surface area contributed by atoms with Crippen LogP contribution in [0, 0.1) is 0 Å². The topological polar surface area (TPSA) is 98.2 Å². The van der Waals surface area contributed by atoms with Crippen LogP contribution >= 0.6 is 0 Å². The Morgan fingerprint density at radius 1 is 1.34 bits per heavy atom. The Bertz CT molecular complexity index is 1060. The minimum Gasteiger partial charge on any atom is -0.465 e. The zero-order valence-corrected chi connectivity index (χ0v) is 16.6. The van der Waals surface area contributed by atoms with Crippen LogP contribution in [0.15, 0.2) is 18.5 Å². The second kappa shape index (κ2) is 6.84. The number of piperidine rings is 1. The van der Waals surface area contributed by atoms with Crippen molar-refractivity contribution in [3.05, 3.63) is 35.3 Å². The first-order valence-corrected chi connectivity index (χ1v) is 10.0. The Kier molecular flexibility index (Phi) is 4.27. The van der Waals surface area contributed by atoms with Gasteiger partial charge >= 0.3 is 5.97 Å². The van der Waals surface area contributed by atoms with Crippen LogP contribution in [0.5, 0.6) is 0 Å². The van der Waals surface area contributed by atoms with Crippen LogP contribution in [0.25, 0.3) is 11.2 Å². The lowest BCUT2D eigenvalue weighted by Gasteiger charge is -2.43. The highest BCUT2D eigenvalue weighted by molar-refractivity contribution is 5.92. The number of aryl methyl sites for hydroxylation is 1. The van der Waals surface area contributed by atoms with Gasteiger partial charge in [-0.05, 0) is 37.8 Å². The van der Waals surface area contributed by atoms with E-state index in [1.165, 1.54) is 12.7 Å². The van der Waals surface area contributed by atoms with Crippen molar-refractivity contribution in [3.8, 4) is 0 Å². The molecule has 0 bridgehead atoms. The first kappa shape index (κ1) is 18.1. The Hall–Kier alpha value is -2.94. The van der Waals surface area contributed by atoms with Crippen molar-refractivity contribution < 1.29 is 14.3 Å². The molecular weight excluding hydrogens is 372 g/mol. The van der Waals surface area contributed by atoms with E-state index in [1.54, 1.807) is 12.3 Å². The lowest BCUT2D eigenvalue weighted by molar-refractivity contribution is -0.0797. The van der Waals surface area contributed by atoms with Crippen LogP contribution in [0.2, 0.25) is 0 Å². The molecule has 3 aromatic heterocycles. The molecule has 2 aliphatic rings. The van der Waals surface area contributed by atoms with E-state index in [4.69, 9.17) is 14.5 Å². The number of rotatable bonds is 3. The number of methoxy groups -OCH3 is 1. The third kappa shape index (κ3) is 2.79. The molecule has 0 radical (unpaired) electrons. The van der Waals surface area contributed by atoms with Gasteiger partial charge in [-0.25, -0.2) is 14.8 Å². The molecule has 5 rings (SSSR count). The van der Waals surface area contributed by atoms with Crippen molar-refractivity contribution in [3.63, 3.8) is 0 Å². The molecule has 2 aliphatic heterocycles. The van der Waals surface area contributed by atoms with E-state index in [0.29, 0.717) is 11.1 Å². The molecule has 1 fully saturated rings. The molecule has 29 heavy (non-hydrogen) atoms. The summed E-state index contributed by atoms with van der Waals surface area (Å²) in [5.74, 6) is 0.476. The number of H-pyrrole nitrogens is 1. The summed E-state index contributed by atoms with van der Waals surface area (Å²) in [6, 6.07) is 1.75. The minimum absolute atomic E-state index is 0.278. The molecule has 1 spiro atoms. The molecule has 9 heteroatoms. The number of fused-ring (bicyclic) bond motifs is 3. The molecular formula is C20H24N6O3. The zero-order chi connectivity index (χ0) is 20.0. The van der Waals surface area contributed by atoms with E-state index in [0.717, 1.165) is 62.8 Å². The maximum absolute atomic E-state index is 11.8. The summed E-state index contributed by atoms with van der Waals surface area (Å²) in [7, 11) is 1.37.